The van der Waals surface area contributed by atoms with Gasteiger partial charge in [-0.25, -0.2) is 0 Å². The number of hydrogen-bond acceptors (Lipinski definition) is 3. The lowest BCUT2D eigenvalue weighted by atomic mass is 10.2. The minimum absolute atomic E-state index is 0.766. The Bertz CT molecular complexity index is 742. The van der Waals surface area contributed by atoms with Gasteiger partial charge in [-0.1, -0.05) is 60.7 Å². The molecule has 0 heterocycles. The monoisotopic (exact) mass is 330 g/mol. The molecule has 126 valence electrons. The first-order valence-corrected chi connectivity index (χ1v) is 8.34. The molecule has 0 saturated carbocycles. The number of rotatable bonds is 7. The molecule has 0 atom stereocenters. The summed E-state index contributed by atoms with van der Waals surface area (Å²) in [6.45, 7) is 1.53. The molecule has 3 aromatic carbocycles. The number of benzene rings is 3. The molecular formula is C22H22N2O. The zero-order valence-electron chi connectivity index (χ0n) is 14.4. The van der Waals surface area contributed by atoms with Gasteiger partial charge in [0.1, 0.15) is 5.75 Å². The van der Waals surface area contributed by atoms with Gasteiger partial charge in [0.15, 0.2) is 0 Å². The highest BCUT2D eigenvalue weighted by Crippen LogP contribution is 2.12. The molecule has 0 N–H and O–H groups in total. The molecule has 0 spiro atoms. The topological polar surface area (TPSA) is 24.8 Å². The van der Waals surface area contributed by atoms with Gasteiger partial charge in [-0.15, -0.1) is 0 Å². The van der Waals surface area contributed by atoms with Crippen molar-refractivity contribution in [3.8, 4) is 5.75 Å². The third kappa shape index (κ3) is 5.21. The largest absolute Gasteiger partial charge is 0.497 e. The van der Waals surface area contributed by atoms with Gasteiger partial charge in [-0.3, -0.25) is 5.01 Å². The van der Waals surface area contributed by atoms with Crippen LogP contribution in [0.3, 0.4) is 0 Å². The van der Waals surface area contributed by atoms with Gasteiger partial charge >= 0.3 is 0 Å². The van der Waals surface area contributed by atoms with E-state index >= 15 is 0 Å². The predicted molar refractivity (Wildman–Crippen MR) is 103 cm³/mol. The smallest absolute Gasteiger partial charge is 0.118 e. The van der Waals surface area contributed by atoms with Crippen molar-refractivity contribution in [3.05, 3.63) is 102 Å². The molecule has 0 amide bonds. The summed E-state index contributed by atoms with van der Waals surface area (Å²) in [6, 6.07) is 28.7. The van der Waals surface area contributed by atoms with Crippen LogP contribution in [0, 0.1) is 0 Å². The van der Waals surface area contributed by atoms with Crippen LogP contribution in [0.4, 0.5) is 0 Å². The van der Waals surface area contributed by atoms with Gasteiger partial charge in [-0.2, -0.15) is 5.10 Å². The second-order valence-electron chi connectivity index (χ2n) is 5.81. The SMILES string of the molecule is COc1ccc(/C=N/N(Cc2ccccc2)Cc2ccccc2)cc1. The third-order valence-electron chi connectivity index (χ3n) is 3.90. The average molecular weight is 330 g/mol. The molecule has 0 fully saturated rings. The molecular weight excluding hydrogens is 308 g/mol. The van der Waals surface area contributed by atoms with Crippen molar-refractivity contribution in [3.63, 3.8) is 0 Å². The lowest BCUT2D eigenvalue weighted by molar-refractivity contribution is 0.272. The summed E-state index contributed by atoms with van der Waals surface area (Å²) in [5, 5.41) is 6.79. The number of hydrazone groups is 1. The van der Waals surface area contributed by atoms with Gasteiger partial charge in [0.2, 0.25) is 0 Å². The van der Waals surface area contributed by atoms with Gasteiger partial charge in [0.25, 0.3) is 0 Å². The maximum Gasteiger partial charge on any atom is 0.118 e. The van der Waals surface area contributed by atoms with Crippen molar-refractivity contribution in [1.29, 1.82) is 0 Å². The molecule has 0 aliphatic carbocycles. The Kier molecular flexibility index (Phi) is 5.83. The molecule has 0 saturated heterocycles. The summed E-state index contributed by atoms with van der Waals surface area (Å²) in [6.07, 6.45) is 1.89. The van der Waals surface area contributed by atoms with Gasteiger partial charge in [0, 0.05) is 0 Å². The van der Waals surface area contributed by atoms with E-state index in [1.165, 1.54) is 11.1 Å². The molecule has 0 radical (unpaired) electrons. The maximum absolute atomic E-state index is 5.20. The van der Waals surface area contributed by atoms with E-state index in [-0.39, 0.29) is 0 Å². The van der Waals surface area contributed by atoms with Crippen molar-refractivity contribution in [1.82, 2.24) is 5.01 Å². The molecule has 0 bridgehead atoms. The fourth-order valence-electron chi connectivity index (χ4n) is 2.56. The quantitative estimate of drug-likeness (QED) is 0.462. The summed E-state index contributed by atoms with van der Waals surface area (Å²) >= 11 is 0. The van der Waals surface area contributed by atoms with E-state index in [0.29, 0.717) is 0 Å². The summed E-state index contributed by atoms with van der Waals surface area (Å²) < 4.78 is 5.20. The molecule has 3 aromatic rings. The maximum atomic E-state index is 5.20. The fraction of sp³-hybridized carbons (Fsp3) is 0.136. The number of hydrogen-bond donors (Lipinski definition) is 0. The average Bonchev–Trinajstić information content (AvgIpc) is 2.68. The summed E-state index contributed by atoms with van der Waals surface area (Å²) in [5.41, 5.74) is 3.53. The standard InChI is InChI=1S/C22H22N2O/c1-25-22-14-12-19(13-15-22)16-23-24(17-20-8-4-2-5-9-20)18-21-10-6-3-7-11-21/h2-16H,17-18H2,1H3/b23-16+. The van der Waals surface area contributed by atoms with E-state index < -0.39 is 0 Å². The van der Waals surface area contributed by atoms with E-state index in [0.717, 1.165) is 24.4 Å². The highest BCUT2D eigenvalue weighted by atomic mass is 16.5. The summed E-state index contributed by atoms with van der Waals surface area (Å²) in [4.78, 5) is 0. The Morgan fingerprint density at radius 3 is 1.76 bits per heavy atom. The molecule has 3 rings (SSSR count). The molecule has 0 aromatic heterocycles. The summed E-state index contributed by atoms with van der Waals surface area (Å²) in [5.74, 6) is 0.850. The van der Waals surface area contributed by atoms with Crippen LogP contribution in [-0.2, 0) is 13.1 Å². The molecule has 0 aliphatic heterocycles. The van der Waals surface area contributed by atoms with Gasteiger partial charge in [0.05, 0.1) is 26.4 Å². The molecule has 0 unspecified atom stereocenters. The Hall–Kier alpha value is -3.07. The van der Waals surface area contributed by atoms with Gasteiger partial charge in [-0.05, 0) is 41.0 Å². The lowest BCUT2D eigenvalue weighted by Gasteiger charge is -2.19. The number of ether oxygens (including phenoxy) is 1. The predicted octanol–water partition coefficient (Wildman–Crippen LogP) is 4.73. The second kappa shape index (κ2) is 8.69. The van der Waals surface area contributed by atoms with Crippen molar-refractivity contribution in [2.45, 2.75) is 13.1 Å². The van der Waals surface area contributed by atoms with Crippen LogP contribution in [-0.4, -0.2) is 18.3 Å². The first-order valence-electron chi connectivity index (χ1n) is 8.34. The van der Waals surface area contributed by atoms with E-state index in [9.17, 15) is 0 Å². The van der Waals surface area contributed by atoms with Crippen LogP contribution in [0.5, 0.6) is 5.75 Å². The van der Waals surface area contributed by atoms with E-state index in [1.807, 2.05) is 42.6 Å². The Balaban J connectivity index is 1.75. The highest BCUT2D eigenvalue weighted by Gasteiger charge is 2.04. The number of methoxy groups -OCH3 is 1. The first kappa shape index (κ1) is 16.8. The first-order chi connectivity index (χ1) is 12.3. The van der Waals surface area contributed by atoms with Crippen LogP contribution in [0.15, 0.2) is 90.0 Å². The Morgan fingerprint density at radius 1 is 0.760 bits per heavy atom. The van der Waals surface area contributed by atoms with Crippen molar-refractivity contribution in [2.24, 2.45) is 5.10 Å². The zero-order valence-corrected chi connectivity index (χ0v) is 14.4. The van der Waals surface area contributed by atoms with Crippen molar-refractivity contribution >= 4 is 6.21 Å². The minimum atomic E-state index is 0.766. The van der Waals surface area contributed by atoms with Gasteiger partial charge < -0.3 is 4.74 Å². The third-order valence-corrected chi connectivity index (χ3v) is 3.90. The molecule has 25 heavy (non-hydrogen) atoms. The van der Waals surface area contributed by atoms with Crippen LogP contribution in [0.2, 0.25) is 0 Å². The second-order valence-corrected chi connectivity index (χ2v) is 5.81. The molecule has 0 aliphatic rings. The summed E-state index contributed by atoms with van der Waals surface area (Å²) in [7, 11) is 1.67. The van der Waals surface area contributed by atoms with E-state index in [4.69, 9.17) is 9.84 Å². The number of nitrogens with zero attached hydrogens (tertiary/aromatic N) is 2. The Labute approximate surface area is 149 Å². The molecule has 3 nitrogen and oxygen atoms in total. The van der Waals surface area contributed by atoms with E-state index in [1.54, 1.807) is 7.11 Å². The zero-order chi connectivity index (χ0) is 17.3. The van der Waals surface area contributed by atoms with E-state index in [2.05, 4.69) is 53.5 Å². The minimum Gasteiger partial charge on any atom is -0.497 e. The normalized spacial score (nSPS) is 10.8. The Morgan fingerprint density at radius 2 is 1.28 bits per heavy atom. The van der Waals surface area contributed by atoms with Crippen LogP contribution >= 0.6 is 0 Å². The molecule has 3 heteroatoms. The van der Waals surface area contributed by atoms with Crippen LogP contribution < -0.4 is 4.74 Å². The lowest BCUT2D eigenvalue weighted by Crippen LogP contribution is -2.17. The van der Waals surface area contributed by atoms with Crippen LogP contribution in [0.1, 0.15) is 16.7 Å². The van der Waals surface area contributed by atoms with Crippen molar-refractivity contribution in [2.75, 3.05) is 7.11 Å². The van der Waals surface area contributed by atoms with Crippen LogP contribution in [0.25, 0.3) is 0 Å². The van der Waals surface area contributed by atoms with Crippen molar-refractivity contribution < 1.29 is 4.74 Å². The highest BCUT2D eigenvalue weighted by molar-refractivity contribution is 5.79. The fourth-order valence-corrected chi connectivity index (χ4v) is 2.56.